The first kappa shape index (κ1) is 14.5. The average Bonchev–Trinajstić information content (AvgIpc) is 2.36. The normalized spacial score (nSPS) is 11.1. The Balaban J connectivity index is 2.76. The molecule has 0 atom stereocenters. The number of hydrogen-bond donors (Lipinski definition) is 0. The summed E-state index contributed by atoms with van der Waals surface area (Å²) in [7, 11) is 0. The van der Waals surface area contributed by atoms with Gasteiger partial charge in [-0.1, -0.05) is 40.9 Å². The Bertz CT molecular complexity index is 627. The number of benzene rings is 2. The summed E-state index contributed by atoms with van der Waals surface area (Å²) in [6.45, 7) is 0. The van der Waals surface area contributed by atoms with Crippen molar-refractivity contribution in [3.63, 3.8) is 0 Å². The van der Waals surface area contributed by atoms with E-state index < -0.39 is 17.8 Å². The monoisotopic (exact) mass is 324 g/mol. The van der Waals surface area contributed by atoms with Gasteiger partial charge in [0, 0.05) is 11.1 Å². The van der Waals surface area contributed by atoms with Crippen molar-refractivity contribution in [2.24, 2.45) is 0 Å². The number of halogens is 6. The van der Waals surface area contributed by atoms with Crippen LogP contribution in [-0.4, -0.2) is 0 Å². The highest BCUT2D eigenvalue weighted by atomic mass is 35.5. The third kappa shape index (κ3) is 2.83. The van der Waals surface area contributed by atoms with Crippen LogP contribution in [0.25, 0.3) is 11.1 Å². The molecule has 0 unspecified atom stereocenters. The zero-order valence-corrected chi connectivity index (χ0v) is 11.5. The molecule has 0 aliphatic heterocycles. The molecule has 19 heavy (non-hydrogen) atoms. The Morgan fingerprint density at radius 1 is 0.895 bits per heavy atom. The molecule has 0 radical (unpaired) electrons. The molecule has 0 spiro atoms. The van der Waals surface area contributed by atoms with Crippen molar-refractivity contribution in [1.29, 1.82) is 0 Å². The van der Waals surface area contributed by atoms with Gasteiger partial charge in [0.05, 0.1) is 15.1 Å². The highest BCUT2D eigenvalue weighted by Gasteiger charge is 2.20. The van der Waals surface area contributed by atoms with Crippen molar-refractivity contribution in [2.75, 3.05) is 0 Å². The van der Waals surface area contributed by atoms with Crippen LogP contribution < -0.4 is 0 Å². The van der Waals surface area contributed by atoms with Crippen LogP contribution in [0.15, 0.2) is 30.3 Å². The minimum absolute atomic E-state index is 0.0580. The van der Waals surface area contributed by atoms with Crippen LogP contribution in [0.4, 0.5) is 13.2 Å². The fourth-order valence-electron chi connectivity index (χ4n) is 1.72. The Hall–Kier alpha value is -0.900. The average molecular weight is 326 g/mol. The summed E-state index contributed by atoms with van der Waals surface area (Å²) in [5.74, 6) is -0.756. The highest BCUT2D eigenvalue weighted by Crippen LogP contribution is 2.42. The second-order valence-electron chi connectivity index (χ2n) is 3.75. The predicted octanol–water partition coefficient (Wildman–Crippen LogP) is 6.39. The molecular weight excluding hydrogens is 319 g/mol. The smallest absolute Gasteiger partial charge is 0.207 e. The first-order chi connectivity index (χ1) is 8.91. The van der Waals surface area contributed by atoms with Crippen molar-refractivity contribution in [1.82, 2.24) is 0 Å². The molecular formula is C13H6Cl3F3. The number of hydrogen-bond acceptors (Lipinski definition) is 0. The van der Waals surface area contributed by atoms with Gasteiger partial charge in [-0.25, -0.2) is 13.2 Å². The zero-order chi connectivity index (χ0) is 14.2. The lowest BCUT2D eigenvalue weighted by molar-refractivity contribution is 0.151. The fourth-order valence-corrected chi connectivity index (χ4v) is 2.45. The maximum absolute atomic E-state index is 13.1. The van der Waals surface area contributed by atoms with Gasteiger partial charge in [0.25, 0.3) is 6.43 Å². The molecule has 0 nitrogen and oxygen atoms in total. The lowest BCUT2D eigenvalue weighted by Gasteiger charge is -2.13. The molecule has 6 heteroatoms. The molecule has 0 aromatic heterocycles. The summed E-state index contributed by atoms with van der Waals surface area (Å²) < 4.78 is 39.0. The zero-order valence-electron chi connectivity index (χ0n) is 9.23. The molecule has 0 saturated heterocycles. The summed E-state index contributed by atoms with van der Waals surface area (Å²) in [4.78, 5) is 0. The molecule has 0 saturated carbocycles. The Morgan fingerprint density at radius 2 is 1.53 bits per heavy atom. The van der Waals surface area contributed by atoms with Gasteiger partial charge in [-0.2, -0.15) is 0 Å². The Labute approximate surface area is 122 Å². The first-order valence-corrected chi connectivity index (χ1v) is 6.26. The second-order valence-corrected chi connectivity index (χ2v) is 4.94. The quantitative estimate of drug-likeness (QED) is 0.561. The van der Waals surface area contributed by atoms with Crippen LogP contribution in [-0.2, 0) is 0 Å². The largest absolute Gasteiger partial charge is 0.264 e. The van der Waals surface area contributed by atoms with E-state index in [0.717, 1.165) is 12.1 Å². The lowest BCUT2D eigenvalue weighted by atomic mass is 9.99. The summed E-state index contributed by atoms with van der Waals surface area (Å²) in [6.07, 6.45) is -2.85. The molecule has 2 aromatic rings. The topological polar surface area (TPSA) is 0 Å². The van der Waals surface area contributed by atoms with Crippen molar-refractivity contribution in [3.8, 4) is 11.1 Å². The molecule has 0 amide bonds. The summed E-state index contributed by atoms with van der Waals surface area (Å²) in [5.41, 5.74) is -0.244. The predicted molar refractivity (Wildman–Crippen MR) is 71.8 cm³/mol. The van der Waals surface area contributed by atoms with E-state index >= 15 is 0 Å². The van der Waals surface area contributed by atoms with Crippen molar-refractivity contribution < 1.29 is 13.2 Å². The van der Waals surface area contributed by atoms with Gasteiger partial charge in [-0.3, -0.25) is 0 Å². The molecule has 0 bridgehead atoms. The SMILES string of the molecule is Fc1ccc(-c2c(Cl)ccc(Cl)c2Cl)c(C(F)F)c1. The Morgan fingerprint density at radius 3 is 2.16 bits per heavy atom. The van der Waals surface area contributed by atoms with Crippen LogP contribution in [0.2, 0.25) is 15.1 Å². The van der Waals surface area contributed by atoms with Crippen LogP contribution in [0.1, 0.15) is 12.0 Å². The van der Waals surface area contributed by atoms with Gasteiger partial charge >= 0.3 is 0 Å². The number of rotatable bonds is 2. The van der Waals surface area contributed by atoms with Crippen LogP contribution >= 0.6 is 34.8 Å². The third-order valence-electron chi connectivity index (χ3n) is 2.56. The maximum Gasteiger partial charge on any atom is 0.264 e. The van der Waals surface area contributed by atoms with E-state index in [-0.39, 0.29) is 26.2 Å². The third-order valence-corrected chi connectivity index (χ3v) is 3.68. The van der Waals surface area contributed by atoms with E-state index in [2.05, 4.69) is 0 Å². The van der Waals surface area contributed by atoms with Crippen molar-refractivity contribution in [3.05, 3.63) is 56.8 Å². The van der Waals surface area contributed by atoms with E-state index in [1.807, 2.05) is 0 Å². The molecule has 2 aromatic carbocycles. The van der Waals surface area contributed by atoms with Crippen LogP contribution in [0, 0.1) is 5.82 Å². The molecule has 0 N–H and O–H groups in total. The standard InChI is InChI=1S/C13H6Cl3F3/c14-9-3-4-10(15)12(16)11(9)7-2-1-6(17)5-8(7)13(18)19/h1-5,13H. The first-order valence-electron chi connectivity index (χ1n) is 5.13. The van der Waals surface area contributed by atoms with E-state index in [1.165, 1.54) is 18.2 Å². The second kappa shape index (κ2) is 5.61. The minimum Gasteiger partial charge on any atom is -0.207 e. The fraction of sp³-hybridized carbons (Fsp3) is 0.0769. The molecule has 0 aliphatic carbocycles. The van der Waals surface area contributed by atoms with Gasteiger partial charge in [-0.15, -0.1) is 0 Å². The van der Waals surface area contributed by atoms with E-state index in [4.69, 9.17) is 34.8 Å². The molecule has 0 aliphatic rings. The van der Waals surface area contributed by atoms with E-state index in [1.54, 1.807) is 0 Å². The van der Waals surface area contributed by atoms with Crippen LogP contribution in [0.5, 0.6) is 0 Å². The van der Waals surface area contributed by atoms with Gasteiger partial charge in [0.2, 0.25) is 0 Å². The van der Waals surface area contributed by atoms with Crippen molar-refractivity contribution >= 4 is 34.8 Å². The summed E-state index contributed by atoms with van der Waals surface area (Å²) >= 11 is 17.8. The van der Waals surface area contributed by atoms with E-state index in [0.29, 0.717) is 0 Å². The minimum atomic E-state index is -2.85. The van der Waals surface area contributed by atoms with Gasteiger partial charge < -0.3 is 0 Å². The highest BCUT2D eigenvalue weighted by molar-refractivity contribution is 6.46. The molecule has 0 fully saturated rings. The molecule has 0 heterocycles. The maximum atomic E-state index is 13.1. The van der Waals surface area contributed by atoms with Crippen molar-refractivity contribution in [2.45, 2.75) is 6.43 Å². The molecule has 2 rings (SSSR count). The van der Waals surface area contributed by atoms with E-state index in [9.17, 15) is 13.2 Å². The summed E-state index contributed by atoms with van der Waals surface area (Å²) in [6, 6.07) is 5.94. The number of alkyl halides is 2. The lowest BCUT2D eigenvalue weighted by Crippen LogP contribution is -1.93. The summed E-state index contributed by atoms with van der Waals surface area (Å²) in [5, 5.41) is 0.413. The van der Waals surface area contributed by atoms with Crippen LogP contribution in [0.3, 0.4) is 0 Å². The van der Waals surface area contributed by atoms with Gasteiger partial charge in [0.1, 0.15) is 5.82 Å². The van der Waals surface area contributed by atoms with Gasteiger partial charge in [-0.05, 0) is 29.8 Å². The molecule has 100 valence electrons. The Kier molecular flexibility index (Phi) is 4.29. The van der Waals surface area contributed by atoms with Gasteiger partial charge in [0.15, 0.2) is 0 Å².